The van der Waals surface area contributed by atoms with Gasteiger partial charge in [-0.1, -0.05) is 0 Å². The van der Waals surface area contributed by atoms with Gasteiger partial charge in [0.05, 0.1) is 23.1 Å². The third kappa shape index (κ3) is 4.14. The Bertz CT molecular complexity index is 1500. The quantitative estimate of drug-likeness (QED) is 0.459. The molecule has 1 saturated carbocycles. The molecule has 1 aliphatic carbocycles. The van der Waals surface area contributed by atoms with Crippen molar-refractivity contribution in [2.75, 3.05) is 31.1 Å². The number of amides is 1. The minimum Gasteiger partial charge on any atom is -0.368 e. The molecule has 0 bridgehead atoms. The van der Waals surface area contributed by atoms with E-state index in [4.69, 9.17) is 0 Å². The van der Waals surface area contributed by atoms with Crippen molar-refractivity contribution in [1.29, 1.82) is 0 Å². The molecule has 0 unspecified atom stereocenters. The molecule has 1 saturated heterocycles. The monoisotopic (exact) mass is 475 g/mol. The second-order valence-electron chi connectivity index (χ2n) is 9.37. The number of nitrogens with one attached hydrogen (secondary N) is 2. The second-order valence-corrected chi connectivity index (χ2v) is 9.37. The van der Waals surface area contributed by atoms with Crippen molar-refractivity contribution in [3.05, 3.63) is 69.7 Å². The SMILES string of the molecule is Cc1nc(C(=O)NC2CC2)ccc1N1CCN(Cc2cc(F)c3c(c2)[nH]c(=O)c2ccnn23)CC1. The van der Waals surface area contributed by atoms with Crippen LogP contribution in [0, 0.1) is 12.7 Å². The van der Waals surface area contributed by atoms with Crippen LogP contribution in [-0.2, 0) is 6.54 Å². The van der Waals surface area contributed by atoms with Crippen molar-refractivity contribution in [3.63, 3.8) is 0 Å². The summed E-state index contributed by atoms with van der Waals surface area (Å²) in [5, 5.41) is 7.08. The number of aromatic nitrogens is 4. The van der Waals surface area contributed by atoms with Gasteiger partial charge in [0.2, 0.25) is 0 Å². The highest BCUT2D eigenvalue weighted by Crippen LogP contribution is 2.24. The van der Waals surface area contributed by atoms with Gasteiger partial charge in [0.15, 0.2) is 5.82 Å². The van der Waals surface area contributed by atoms with E-state index in [1.807, 2.05) is 19.1 Å². The molecule has 2 fully saturated rings. The minimum atomic E-state index is -0.409. The van der Waals surface area contributed by atoms with Crippen molar-refractivity contribution in [2.45, 2.75) is 32.4 Å². The normalized spacial score (nSPS) is 16.8. The van der Waals surface area contributed by atoms with Crippen LogP contribution in [0.2, 0.25) is 0 Å². The summed E-state index contributed by atoms with van der Waals surface area (Å²) in [6.07, 6.45) is 3.58. The van der Waals surface area contributed by atoms with Gasteiger partial charge in [-0.05, 0) is 55.7 Å². The van der Waals surface area contributed by atoms with Gasteiger partial charge < -0.3 is 15.2 Å². The first-order chi connectivity index (χ1) is 17.0. The predicted molar refractivity (Wildman–Crippen MR) is 130 cm³/mol. The van der Waals surface area contributed by atoms with Crippen molar-refractivity contribution in [1.82, 2.24) is 29.8 Å². The zero-order valence-electron chi connectivity index (χ0n) is 19.4. The van der Waals surface area contributed by atoms with Crippen LogP contribution in [0.1, 0.15) is 34.6 Å². The number of aryl methyl sites for hydroxylation is 1. The summed E-state index contributed by atoms with van der Waals surface area (Å²) in [5.41, 5.74) is 3.87. The minimum absolute atomic E-state index is 0.107. The van der Waals surface area contributed by atoms with Crippen LogP contribution < -0.4 is 15.8 Å². The number of pyridine rings is 1. The number of hydrogen-bond acceptors (Lipinski definition) is 6. The van der Waals surface area contributed by atoms with Crippen LogP contribution >= 0.6 is 0 Å². The van der Waals surface area contributed by atoms with E-state index in [-0.39, 0.29) is 17.0 Å². The van der Waals surface area contributed by atoms with Gasteiger partial charge in [0.25, 0.3) is 11.5 Å². The Labute approximate surface area is 200 Å². The lowest BCUT2D eigenvalue weighted by Crippen LogP contribution is -2.46. The molecule has 35 heavy (non-hydrogen) atoms. The lowest BCUT2D eigenvalue weighted by molar-refractivity contribution is 0.0946. The fraction of sp³-hybridized carbons (Fsp3) is 0.360. The van der Waals surface area contributed by atoms with Crippen molar-refractivity contribution >= 4 is 28.1 Å². The molecule has 9 nitrogen and oxygen atoms in total. The summed E-state index contributed by atoms with van der Waals surface area (Å²) in [4.78, 5) is 36.4. The molecule has 4 heterocycles. The summed E-state index contributed by atoms with van der Waals surface area (Å²) in [5.74, 6) is -0.516. The van der Waals surface area contributed by atoms with Gasteiger partial charge in [-0.25, -0.2) is 13.9 Å². The Kier molecular flexibility index (Phi) is 5.25. The molecule has 3 aromatic heterocycles. The zero-order valence-corrected chi connectivity index (χ0v) is 19.4. The Morgan fingerprint density at radius 1 is 1.17 bits per heavy atom. The summed E-state index contributed by atoms with van der Waals surface area (Å²) in [6, 6.07) is 8.99. The molecule has 2 aliphatic rings. The van der Waals surface area contributed by atoms with E-state index in [0.717, 1.165) is 56.0 Å². The molecule has 1 amide bonds. The van der Waals surface area contributed by atoms with E-state index in [2.05, 4.69) is 30.2 Å². The molecule has 180 valence electrons. The van der Waals surface area contributed by atoms with Crippen LogP contribution in [0.3, 0.4) is 0 Å². The average molecular weight is 476 g/mol. The van der Waals surface area contributed by atoms with Crippen molar-refractivity contribution < 1.29 is 9.18 Å². The number of H-pyrrole nitrogens is 1. The Morgan fingerprint density at radius 2 is 1.97 bits per heavy atom. The topological polar surface area (TPSA) is 98.6 Å². The first kappa shape index (κ1) is 21.7. The molecule has 1 aliphatic heterocycles. The van der Waals surface area contributed by atoms with Crippen LogP contribution in [0.25, 0.3) is 16.6 Å². The van der Waals surface area contributed by atoms with Crippen LogP contribution in [0.5, 0.6) is 0 Å². The molecule has 0 spiro atoms. The molecular weight excluding hydrogens is 449 g/mol. The highest BCUT2D eigenvalue weighted by atomic mass is 19.1. The van der Waals surface area contributed by atoms with Crippen LogP contribution in [0.4, 0.5) is 10.1 Å². The lowest BCUT2D eigenvalue weighted by Gasteiger charge is -2.36. The lowest BCUT2D eigenvalue weighted by atomic mass is 10.1. The Hall–Kier alpha value is -3.79. The number of rotatable bonds is 5. The summed E-state index contributed by atoms with van der Waals surface area (Å²) in [7, 11) is 0. The number of carbonyl (C=O) groups is 1. The number of nitrogens with zero attached hydrogens (tertiary/aromatic N) is 5. The Morgan fingerprint density at radius 3 is 2.71 bits per heavy atom. The van der Waals surface area contributed by atoms with E-state index in [0.29, 0.717) is 29.3 Å². The maximum absolute atomic E-state index is 15.0. The van der Waals surface area contributed by atoms with Gasteiger partial charge in [-0.15, -0.1) is 0 Å². The molecule has 2 N–H and O–H groups in total. The molecule has 6 rings (SSSR count). The first-order valence-corrected chi connectivity index (χ1v) is 11.9. The fourth-order valence-corrected chi connectivity index (χ4v) is 4.80. The largest absolute Gasteiger partial charge is 0.368 e. The number of aromatic amines is 1. The first-order valence-electron chi connectivity index (χ1n) is 11.9. The van der Waals surface area contributed by atoms with E-state index >= 15 is 0 Å². The molecule has 4 aromatic rings. The highest BCUT2D eigenvalue weighted by Gasteiger charge is 2.25. The molecular formula is C25H26FN7O2. The summed E-state index contributed by atoms with van der Waals surface area (Å²) < 4.78 is 16.3. The predicted octanol–water partition coefficient (Wildman–Crippen LogP) is 2.23. The van der Waals surface area contributed by atoms with Gasteiger partial charge in [0, 0.05) is 38.8 Å². The highest BCUT2D eigenvalue weighted by molar-refractivity contribution is 5.93. The van der Waals surface area contributed by atoms with Gasteiger partial charge in [0.1, 0.15) is 16.7 Å². The average Bonchev–Trinajstić information content (AvgIpc) is 3.51. The van der Waals surface area contributed by atoms with Crippen molar-refractivity contribution in [3.8, 4) is 0 Å². The number of hydrogen-bond donors (Lipinski definition) is 2. The number of carbonyl (C=O) groups excluding carboxylic acids is 1. The summed E-state index contributed by atoms with van der Waals surface area (Å²) >= 11 is 0. The summed E-state index contributed by atoms with van der Waals surface area (Å²) in [6.45, 7) is 5.73. The number of benzene rings is 1. The molecule has 1 aromatic carbocycles. The van der Waals surface area contributed by atoms with E-state index in [9.17, 15) is 14.0 Å². The Balaban J connectivity index is 1.14. The zero-order chi connectivity index (χ0) is 24.1. The number of halogens is 1. The standard InChI is InChI=1S/C25H26FN7O2/c1-15-21(5-4-19(28-15)24(34)29-17-2-3-17)32-10-8-31(9-11-32)14-16-12-18(26)23-20(13-16)30-25(35)22-6-7-27-33(22)23/h4-7,12-13,17H,2-3,8-11,14H2,1H3,(H,29,34)(H,30,35). The van der Waals surface area contributed by atoms with Crippen LogP contribution in [0.15, 0.2) is 41.3 Å². The van der Waals surface area contributed by atoms with Crippen molar-refractivity contribution in [2.24, 2.45) is 0 Å². The number of piperazine rings is 1. The fourth-order valence-electron chi connectivity index (χ4n) is 4.80. The van der Waals surface area contributed by atoms with E-state index in [1.54, 1.807) is 12.1 Å². The van der Waals surface area contributed by atoms with Crippen LogP contribution in [-0.4, -0.2) is 62.6 Å². The smallest absolute Gasteiger partial charge is 0.274 e. The third-order valence-corrected chi connectivity index (χ3v) is 6.78. The van der Waals surface area contributed by atoms with Gasteiger partial charge in [-0.3, -0.25) is 14.5 Å². The van der Waals surface area contributed by atoms with Gasteiger partial charge in [-0.2, -0.15) is 5.10 Å². The molecule has 10 heteroatoms. The van der Waals surface area contributed by atoms with E-state index < -0.39 is 5.82 Å². The number of anilines is 1. The molecule has 0 atom stereocenters. The third-order valence-electron chi connectivity index (χ3n) is 6.78. The van der Waals surface area contributed by atoms with E-state index in [1.165, 1.54) is 16.8 Å². The second kappa shape index (κ2) is 8.46. The maximum Gasteiger partial charge on any atom is 0.274 e. The molecule has 0 radical (unpaired) electrons. The number of fused-ring (bicyclic) bond motifs is 3. The van der Waals surface area contributed by atoms with Gasteiger partial charge >= 0.3 is 0 Å². The maximum atomic E-state index is 15.0.